The van der Waals surface area contributed by atoms with E-state index in [1.54, 1.807) is 0 Å². The summed E-state index contributed by atoms with van der Waals surface area (Å²) in [6.07, 6.45) is 8.56. The van der Waals surface area contributed by atoms with Gasteiger partial charge in [0.05, 0.1) is 0 Å². The summed E-state index contributed by atoms with van der Waals surface area (Å²) >= 11 is 0. The number of hydrogen-bond acceptors (Lipinski definition) is 4. The molecule has 0 saturated carbocycles. The van der Waals surface area contributed by atoms with Crippen LogP contribution in [0.25, 0.3) is 0 Å². The molecule has 2 rings (SSSR count). The number of amides is 2. The first-order valence-electron chi connectivity index (χ1n) is 13.6. The van der Waals surface area contributed by atoms with Gasteiger partial charge in [-0.15, -0.1) is 0 Å². The Balaban J connectivity index is 2.05. The third kappa shape index (κ3) is 6.23. The molecule has 0 aliphatic carbocycles. The molecule has 0 aromatic heterocycles. The SMILES string of the molecule is CCC1(C)CC(NC(=O)C=CC(=O)NC2CC(C)(CC)NC(C)(CC)C2C)C(C)C(C)(CC)N1. The van der Waals surface area contributed by atoms with Gasteiger partial charge in [0.15, 0.2) is 0 Å². The molecule has 4 N–H and O–H groups in total. The fraction of sp³-hybridized carbons (Fsp3) is 0.857. The number of nitrogens with one attached hydrogen (secondary N) is 4. The Kier molecular flexibility index (Phi) is 9.07. The van der Waals surface area contributed by atoms with E-state index >= 15 is 0 Å². The predicted octanol–water partition coefficient (Wildman–Crippen LogP) is 4.45. The standard InChI is InChI=1S/C28H52N4O2/c1-11-25(7)17-21(19(5)27(9,13-3)31-25)29-23(33)15-16-24(34)30-22-18-26(8,12-2)32-28(10,14-4)20(22)6/h15-16,19-22,31-32H,11-14,17-18H2,1-10H3,(H,29,33)(H,30,34). The van der Waals surface area contributed by atoms with Crippen LogP contribution in [0.15, 0.2) is 12.2 Å². The molecule has 8 unspecified atom stereocenters. The van der Waals surface area contributed by atoms with E-state index in [4.69, 9.17) is 0 Å². The van der Waals surface area contributed by atoms with E-state index in [0.717, 1.165) is 38.5 Å². The number of carbonyl (C=O) groups excluding carboxylic acids is 2. The van der Waals surface area contributed by atoms with Crippen molar-refractivity contribution >= 4 is 11.8 Å². The van der Waals surface area contributed by atoms with Crippen LogP contribution in [0.3, 0.4) is 0 Å². The van der Waals surface area contributed by atoms with Gasteiger partial charge in [-0.2, -0.15) is 0 Å². The molecule has 196 valence electrons. The van der Waals surface area contributed by atoms with Crippen molar-refractivity contribution in [2.24, 2.45) is 11.8 Å². The summed E-state index contributed by atoms with van der Waals surface area (Å²) in [5.74, 6) is 0.191. The van der Waals surface area contributed by atoms with Gasteiger partial charge < -0.3 is 21.3 Å². The maximum absolute atomic E-state index is 12.8. The van der Waals surface area contributed by atoms with E-state index in [2.05, 4.69) is 90.5 Å². The Labute approximate surface area is 208 Å². The van der Waals surface area contributed by atoms with E-state index in [-0.39, 0.29) is 57.9 Å². The molecule has 6 heteroatoms. The predicted molar refractivity (Wildman–Crippen MR) is 142 cm³/mol. The van der Waals surface area contributed by atoms with Crippen molar-refractivity contribution in [3.63, 3.8) is 0 Å². The molecule has 0 radical (unpaired) electrons. The molecule has 0 bridgehead atoms. The zero-order valence-electron chi connectivity index (χ0n) is 23.5. The molecule has 0 aromatic carbocycles. The van der Waals surface area contributed by atoms with Gasteiger partial charge in [-0.3, -0.25) is 9.59 Å². The molecule has 0 spiro atoms. The summed E-state index contributed by atoms with van der Waals surface area (Å²) in [6, 6.07) is 0.132. The molecule has 34 heavy (non-hydrogen) atoms. The van der Waals surface area contributed by atoms with Gasteiger partial charge in [0.2, 0.25) is 11.8 Å². The fourth-order valence-electron chi connectivity index (χ4n) is 6.17. The molecule has 0 aromatic rings. The van der Waals surface area contributed by atoms with E-state index in [1.807, 2.05) is 0 Å². The van der Waals surface area contributed by atoms with Crippen LogP contribution in [0.1, 0.15) is 108 Å². The molecular weight excluding hydrogens is 424 g/mol. The Hall–Kier alpha value is -1.40. The molecule has 2 amide bonds. The van der Waals surface area contributed by atoms with E-state index in [0.29, 0.717) is 0 Å². The van der Waals surface area contributed by atoms with Crippen LogP contribution in [0.4, 0.5) is 0 Å². The van der Waals surface area contributed by atoms with E-state index in [9.17, 15) is 9.59 Å². The van der Waals surface area contributed by atoms with Gasteiger partial charge in [-0.1, -0.05) is 41.5 Å². The third-order valence-electron chi connectivity index (χ3n) is 9.80. The molecule has 8 atom stereocenters. The van der Waals surface area contributed by atoms with E-state index < -0.39 is 0 Å². The van der Waals surface area contributed by atoms with Crippen molar-refractivity contribution in [2.45, 2.75) is 142 Å². The number of piperidine rings is 2. The van der Waals surface area contributed by atoms with Crippen LogP contribution in [0.2, 0.25) is 0 Å². The normalized spacial score (nSPS) is 43.0. The Bertz CT molecular complexity index is 708. The summed E-state index contributed by atoms with van der Waals surface area (Å²) in [5.41, 5.74) is -0.102. The van der Waals surface area contributed by atoms with Gasteiger partial charge >= 0.3 is 0 Å². The lowest BCUT2D eigenvalue weighted by Gasteiger charge is -2.53. The van der Waals surface area contributed by atoms with Crippen molar-refractivity contribution in [3.05, 3.63) is 12.2 Å². The first kappa shape index (κ1) is 28.8. The van der Waals surface area contributed by atoms with Crippen molar-refractivity contribution in [1.29, 1.82) is 0 Å². The molecule has 2 fully saturated rings. The number of carbonyl (C=O) groups is 2. The lowest BCUT2D eigenvalue weighted by molar-refractivity contribution is -0.120. The zero-order chi connectivity index (χ0) is 25.9. The molecular formula is C28H52N4O2. The minimum Gasteiger partial charge on any atom is -0.349 e. The van der Waals surface area contributed by atoms with Crippen molar-refractivity contribution in [3.8, 4) is 0 Å². The average Bonchev–Trinajstić information content (AvgIpc) is 2.79. The minimum atomic E-state index is -0.194. The molecule has 2 saturated heterocycles. The largest absolute Gasteiger partial charge is 0.349 e. The zero-order valence-corrected chi connectivity index (χ0v) is 23.5. The van der Waals surface area contributed by atoms with Crippen LogP contribution in [-0.2, 0) is 9.59 Å². The second kappa shape index (κ2) is 10.7. The highest BCUT2D eigenvalue weighted by molar-refractivity contribution is 5.96. The first-order valence-corrected chi connectivity index (χ1v) is 13.6. The van der Waals surface area contributed by atoms with Gasteiger partial charge in [0, 0.05) is 46.4 Å². The molecule has 2 aliphatic heterocycles. The van der Waals surface area contributed by atoms with Gasteiger partial charge in [-0.05, 0) is 78.1 Å². The van der Waals surface area contributed by atoms with Crippen LogP contribution in [0.5, 0.6) is 0 Å². The summed E-state index contributed by atoms with van der Waals surface area (Å²) in [4.78, 5) is 25.6. The van der Waals surface area contributed by atoms with Crippen LogP contribution in [-0.4, -0.2) is 46.1 Å². The van der Waals surface area contributed by atoms with Gasteiger partial charge in [0.1, 0.15) is 0 Å². The van der Waals surface area contributed by atoms with Crippen LogP contribution in [0, 0.1) is 11.8 Å². The summed E-state index contributed by atoms with van der Waals surface area (Å²) < 4.78 is 0. The maximum Gasteiger partial charge on any atom is 0.244 e. The summed E-state index contributed by atoms with van der Waals surface area (Å²) in [6.45, 7) is 22.2. The molecule has 6 nitrogen and oxygen atoms in total. The monoisotopic (exact) mass is 476 g/mol. The Morgan fingerprint density at radius 3 is 1.29 bits per heavy atom. The highest BCUT2D eigenvalue weighted by atomic mass is 16.2. The Morgan fingerprint density at radius 2 is 1.03 bits per heavy atom. The van der Waals surface area contributed by atoms with Gasteiger partial charge in [-0.25, -0.2) is 0 Å². The smallest absolute Gasteiger partial charge is 0.244 e. The highest BCUT2D eigenvalue weighted by Crippen LogP contribution is 2.38. The fourth-order valence-corrected chi connectivity index (χ4v) is 6.17. The molecule has 2 aliphatic rings. The van der Waals surface area contributed by atoms with Crippen molar-refractivity contribution in [2.75, 3.05) is 0 Å². The average molecular weight is 477 g/mol. The van der Waals surface area contributed by atoms with Crippen molar-refractivity contribution in [1.82, 2.24) is 21.3 Å². The second-order valence-corrected chi connectivity index (χ2v) is 12.2. The van der Waals surface area contributed by atoms with Crippen LogP contribution < -0.4 is 21.3 Å². The lowest BCUT2D eigenvalue weighted by atomic mass is 9.69. The number of rotatable bonds is 8. The first-order chi connectivity index (χ1) is 15.7. The van der Waals surface area contributed by atoms with Gasteiger partial charge in [0.25, 0.3) is 0 Å². The quantitative estimate of drug-likeness (QED) is 0.390. The van der Waals surface area contributed by atoms with E-state index in [1.165, 1.54) is 12.2 Å². The van der Waals surface area contributed by atoms with Crippen molar-refractivity contribution < 1.29 is 9.59 Å². The third-order valence-corrected chi connectivity index (χ3v) is 9.80. The minimum absolute atomic E-state index is 0.0146. The Morgan fingerprint density at radius 1 is 0.706 bits per heavy atom. The summed E-state index contributed by atoms with van der Waals surface area (Å²) in [5, 5.41) is 14.1. The maximum atomic E-state index is 12.8. The van der Waals surface area contributed by atoms with Crippen LogP contribution >= 0.6 is 0 Å². The highest BCUT2D eigenvalue weighted by Gasteiger charge is 2.47. The lowest BCUT2D eigenvalue weighted by Crippen LogP contribution is -2.68. The topological polar surface area (TPSA) is 82.3 Å². The second-order valence-electron chi connectivity index (χ2n) is 12.2. The summed E-state index contributed by atoms with van der Waals surface area (Å²) in [7, 11) is 0. The molecule has 2 heterocycles. The number of hydrogen-bond donors (Lipinski definition) is 4.